The highest BCUT2D eigenvalue weighted by Gasteiger charge is 2.13. The second kappa shape index (κ2) is 10.7. The SMILES string of the molecule is CCSc1nnc(NC(=O)Cc2csc(SCC(=O)c3ccc(OC)cc3)n2)s1. The average Bonchev–Trinajstić information content (AvgIpc) is 3.35. The molecule has 0 aliphatic rings. The van der Waals surface area contributed by atoms with E-state index in [1.54, 1.807) is 43.1 Å². The first-order chi connectivity index (χ1) is 14.1. The van der Waals surface area contributed by atoms with Gasteiger partial charge >= 0.3 is 0 Å². The van der Waals surface area contributed by atoms with Crippen molar-refractivity contribution in [2.45, 2.75) is 22.0 Å². The number of hydrogen-bond donors (Lipinski definition) is 1. The molecule has 1 aromatic carbocycles. The molecule has 0 saturated heterocycles. The summed E-state index contributed by atoms with van der Waals surface area (Å²) in [7, 11) is 1.59. The first-order valence-corrected chi connectivity index (χ1v) is 12.2. The number of nitrogens with one attached hydrogen (secondary N) is 1. The molecule has 7 nitrogen and oxygen atoms in total. The maximum atomic E-state index is 12.3. The van der Waals surface area contributed by atoms with Crippen LogP contribution in [0.1, 0.15) is 23.0 Å². The van der Waals surface area contributed by atoms with Crippen molar-refractivity contribution in [1.29, 1.82) is 0 Å². The number of rotatable bonds is 10. The highest BCUT2D eigenvalue weighted by molar-refractivity contribution is 8.01. The van der Waals surface area contributed by atoms with Crippen molar-refractivity contribution in [3.05, 3.63) is 40.9 Å². The van der Waals surface area contributed by atoms with E-state index in [-0.39, 0.29) is 23.9 Å². The summed E-state index contributed by atoms with van der Waals surface area (Å²) in [6, 6.07) is 7.02. The number of benzene rings is 1. The standard InChI is InChI=1S/C18H18N4O3S4/c1-3-26-18-22-21-16(29-18)20-15(24)8-12-9-27-17(19-12)28-10-14(23)11-4-6-13(25-2)7-5-11/h4-7,9H,3,8,10H2,1-2H3,(H,20,21,24). The summed E-state index contributed by atoms with van der Waals surface area (Å²) in [4.78, 5) is 28.9. The summed E-state index contributed by atoms with van der Waals surface area (Å²) in [5.74, 6) is 1.73. The first-order valence-electron chi connectivity index (χ1n) is 8.58. The zero-order valence-electron chi connectivity index (χ0n) is 15.7. The maximum absolute atomic E-state index is 12.3. The largest absolute Gasteiger partial charge is 0.497 e. The third kappa shape index (κ3) is 6.53. The minimum atomic E-state index is -0.189. The first kappa shape index (κ1) is 21.8. The number of anilines is 1. The molecule has 2 aromatic heterocycles. The minimum Gasteiger partial charge on any atom is -0.497 e. The van der Waals surface area contributed by atoms with E-state index in [1.165, 1.54) is 34.4 Å². The third-order valence-electron chi connectivity index (χ3n) is 3.53. The maximum Gasteiger partial charge on any atom is 0.232 e. The number of Topliss-reactive ketones (excluding diaryl/α,β-unsaturated/α-hetero) is 1. The number of hydrogen-bond acceptors (Lipinski definition) is 10. The van der Waals surface area contributed by atoms with Gasteiger partial charge in [0.25, 0.3) is 0 Å². The minimum absolute atomic E-state index is 0.0177. The Morgan fingerprint density at radius 2 is 1.93 bits per heavy atom. The predicted molar refractivity (Wildman–Crippen MR) is 119 cm³/mol. The molecule has 0 spiro atoms. The summed E-state index contributed by atoms with van der Waals surface area (Å²) in [5.41, 5.74) is 1.30. The molecule has 3 aromatic rings. The van der Waals surface area contributed by atoms with Crippen molar-refractivity contribution >= 4 is 63.0 Å². The number of carbonyl (C=O) groups excluding carboxylic acids is 2. The lowest BCUT2D eigenvalue weighted by atomic mass is 10.1. The van der Waals surface area contributed by atoms with E-state index in [1.807, 2.05) is 12.3 Å². The van der Waals surface area contributed by atoms with Crippen LogP contribution in [0.5, 0.6) is 5.75 Å². The van der Waals surface area contributed by atoms with Crippen LogP contribution >= 0.6 is 46.2 Å². The lowest BCUT2D eigenvalue weighted by Crippen LogP contribution is -2.14. The van der Waals surface area contributed by atoms with Crippen molar-refractivity contribution in [2.75, 3.05) is 23.9 Å². The Hall–Kier alpha value is -1.95. The van der Waals surface area contributed by atoms with Gasteiger partial charge in [0.1, 0.15) is 5.75 Å². The molecule has 0 saturated carbocycles. The van der Waals surface area contributed by atoms with Crippen molar-refractivity contribution < 1.29 is 14.3 Å². The molecule has 152 valence electrons. The van der Waals surface area contributed by atoms with Crippen LogP contribution in [0.4, 0.5) is 5.13 Å². The third-order valence-corrected chi connectivity index (χ3v) is 7.46. The highest BCUT2D eigenvalue weighted by atomic mass is 32.2. The van der Waals surface area contributed by atoms with Crippen molar-refractivity contribution in [1.82, 2.24) is 15.2 Å². The van der Waals surface area contributed by atoms with E-state index >= 15 is 0 Å². The van der Waals surface area contributed by atoms with Crippen LogP contribution in [0.15, 0.2) is 38.3 Å². The van der Waals surface area contributed by atoms with Gasteiger partial charge in [-0.15, -0.1) is 21.5 Å². The Balaban J connectivity index is 1.48. The summed E-state index contributed by atoms with van der Waals surface area (Å²) in [6.45, 7) is 2.03. The van der Waals surface area contributed by atoms with Gasteiger partial charge in [0.2, 0.25) is 11.0 Å². The molecule has 0 bridgehead atoms. The fourth-order valence-electron chi connectivity index (χ4n) is 2.19. The Morgan fingerprint density at radius 1 is 1.14 bits per heavy atom. The van der Waals surface area contributed by atoms with Crippen LogP contribution in [0.2, 0.25) is 0 Å². The molecule has 0 unspecified atom stereocenters. The molecule has 1 N–H and O–H groups in total. The summed E-state index contributed by atoms with van der Waals surface area (Å²) in [6.07, 6.45) is 0.152. The number of ether oxygens (including phenoxy) is 1. The van der Waals surface area contributed by atoms with E-state index in [2.05, 4.69) is 20.5 Å². The van der Waals surface area contributed by atoms with Gasteiger partial charge in [0.05, 0.1) is 25.0 Å². The Labute approximate surface area is 184 Å². The Bertz CT molecular complexity index is 972. The zero-order chi connectivity index (χ0) is 20.6. The topological polar surface area (TPSA) is 94.1 Å². The number of amides is 1. The average molecular weight is 467 g/mol. The molecular formula is C18H18N4O3S4. The fraction of sp³-hybridized carbons (Fsp3) is 0.278. The molecule has 29 heavy (non-hydrogen) atoms. The molecule has 2 heterocycles. The van der Waals surface area contributed by atoms with E-state index < -0.39 is 0 Å². The summed E-state index contributed by atoms with van der Waals surface area (Å²) in [5, 5.41) is 13.0. The second-order valence-electron chi connectivity index (χ2n) is 5.58. The van der Waals surface area contributed by atoms with E-state index in [9.17, 15) is 9.59 Å². The molecule has 0 fully saturated rings. The van der Waals surface area contributed by atoms with Crippen LogP contribution in [-0.4, -0.2) is 45.5 Å². The number of aromatic nitrogens is 3. The lowest BCUT2D eigenvalue weighted by Gasteiger charge is -2.02. The number of thiazole rings is 1. The van der Waals surface area contributed by atoms with E-state index in [0.717, 1.165) is 14.4 Å². The van der Waals surface area contributed by atoms with Gasteiger partial charge in [-0.25, -0.2) is 4.98 Å². The molecule has 0 aliphatic carbocycles. The van der Waals surface area contributed by atoms with Crippen LogP contribution in [0.3, 0.4) is 0 Å². The van der Waals surface area contributed by atoms with Crippen molar-refractivity contribution in [3.8, 4) is 5.75 Å². The molecule has 0 atom stereocenters. The number of methoxy groups -OCH3 is 1. The highest BCUT2D eigenvalue weighted by Crippen LogP contribution is 2.26. The van der Waals surface area contributed by atoms with Gasteiger partial charge in [0.15, 0.2) is 14.5 Å². The fourth-order valence-corrected chi connectivity index (χ4v) is 5.60. The number of thioether (sulfide) groups is 2. The van der Waals surface area contributed by atoms with Gasteiger partial charge in [0, 0.05) is 10.9 Å². The van der Waals surface area contributed by atoms with Crippen LogP contribution in [0, 0.1) is 0 Å². The predicted octanol–water partition coefficient (Wildman–Crippen LogP) is 4.27. The zero-order valence-corrected chi connectivity index (χ0v) is 19.0. The Morgan fingerprint density at radius 3 is 2.66 bits per heavy atom. The molecule has 0 radical (unpaired) electrons. The van der Waals surface area contributed by atoms with Gasteiger partial charge in [-0.3, -0.25) is 9.59 Å². The molecular weight excluding hydrogens is 448 g/mol. The molecule has 11 heteroatoms. The lowest BCUT2D eigenvalue weighted by molar-refractivity contribution is -0.115. The smallest absolute Gasteiger partial charge is 0.232 e. The van der Waals surface area contributed by atoms with Gasteiger partial charge in [-0.05, 0) is 30.0 Å². The normalized spacial score (nSPS) is 10.7. The quantitative estimate of drug-likeness (QED) is 0.269. The molecule has 0 aliphatic heterocycles. The van der Waals surface area contributed by atoms with Crippen molar-refractivity contribution in [3.63, 3.8) is 0 Å². The van der Waals surface area contributed by atoms with E-state index in [0.29, 0.717) is 22.1 Å². The van der Waals surface area contributed by atoms with Gasteiger partial charge < -0.3 is 10.1 Å². The van der Waals surface area contributed by atoms with Crippen LogP contribution < -0.4 is 10.1 Å². The number of nitrogens with zero attached hydrogens (tertiary/aromatic N) is 3. The molecule has 3 rings (SSSR count). The Kier molecular flexibility index (Phi) is 8.04. The summed E-state index contributed by atoms with van der Waals surface area (Å²) < 4.78 is 6.68. The van der Waals surface area contributed by atoms with Gasteiger partial charge in [-0.2, -0.15) is 0 Å². The monoisotopic (exact) mass is 466 g/mol. The van der Waals surface area contributed by atoms with Crippen LogP contribution in [0.25, 0.3) is 0 Å². The second-order valence-corrected chi connectivity index (χ2v) is 10.1. The molecule has 1 amide bonds. The van der Waals surface area contributed by atoms with Gasteiger partial charge in [-0.1, -0.05) is 41.8 Å². The summed E-state index contributed by atoms with van der Waals surface area (Å²) >= 11 is 5.73. The van der Waals surface area contributed by atoms with Crippen LogP contribution in [-0.2, 0) is 11.2 Å². The van der Waals surface area contributed by atoms with E-state index in [4.69, 9.17) is 4.74 Å². The number of ketones is 1. The number of carbonyl (C=O) groups is 2. The van der Waals surface area contributed by atoms with Crippen molar-refractivity contribution in [2.24, 2.45) is 0 Å².